The van der Waals surface area contributed by atoms with E-state index >= 15 is 0 Å². The van der Waals surface area contributed by atoms with Gasteiger partial charge in [-0.15, -0.1) is 11.3 Å². The normalized spacial score (nSPS) is 18.5. The van der Waals surface area contributed by atoms with Crippen LogP contribution in [-0.4, -0.2) is 22.5 Å². The first-order chi connectivity index (χ1) is 7.93. The van der Waals surface area contributed by atoms with E-state index in [1.54, 1.807) is 13.0 Å². The van der Waals surface area contributed by atoms with Crippen LogP contribution in [-0.2, 0) is 4.79 Å². The number of hydrogen-bond acceptors (Lipinski definition) is 3. The second-order valence-electron chi connectivity index (χ2n) is 4.65. The highest BCUT2D eigenvalue weighted by atomic mass is 32.1. The molecule has 0 saturated heterocycles. The van der Waals surface area contributed by atoms with Gasteiger partial charge in [-0.05, 0) is 44.7 Å². The molecule has 1 aromatic rings. The summed E-state index contributed by atoms with van der Waals surface area (Å²) in [5.41, 5.74) is -1.13. The minimum absolute atomic E-state index is 0.0602. The van der Waals surface area contributed by atoms with E-state index in [-0.39, 0.29) is 11.8 Å². The third-order valence-corrected chi connectivity index (χ3v) is 4.17. The zero-order valence-corrected chi connectivity index (χ0v) is 10.6. The van der Waals surface area contributed by atoms with Gasteiger partial charge in [0.1, 0.15) is 5.54 Å². The van der Waals surface area contributed by atoms with Crippen LogP contribution >= 0.6 is 11.3 Å². The van der Waals surface area contributed by atoms with Gasteiger partial charge in [0.15, 0.2) is 0 Å². The highest BCUT2D eigenvalue weighted by molar-refractivity contribution is 7.13. The van der Waals surface area contributed by atoms with Crippen molar-refractivity contribution >= 4 is 23.2 Å². The Morgan fingerprint density at radius 3 is 2.53 bits per heavy atom. The van der Waals surface area contributed by atoms with E-state index in [9.17, 15) is 14.7 Å². The maximum atomic E-state index is 11.9. The van der Waals surface area contributed by atoms with E-state index < -0.39 is 11.5 Å². The van der Waals surface area contributed by atoms with Crippen molar-refractivity contribution in [3.63, 3.8) is 0 Å². The van der Waals surface area contributed by atoms with Crippen molar-refractivity contribution < 1.29 is 14.7 Å². The lowest BCUT2D eigenvalue weighted by Gasteiger charge is -2.25. The molecule has 0 aromatic carbocycles. The number of nitrogens with one attached hydrogen (secondary N) is 1. The van der Waals surface area contributed by atoms with E-state index in [4.69, 9.17) is 0 Å². The van der Waals surface area contributed by atoms with Gasteiger partial charge in [-0.2, -0.15) is 0 Å². The SMILES string of the molecule is Cc1ccc(C(=O)NC(C)(C(=O)O)C2CC2)s1. The van der Waals surface area contributed by atoms with Crippen molar-refractivity contribution in [3.05, 3.63) is 21.9 Å². The monoisotopic (exact) mass is 253 g/mol. The van der Waals surface area contributed by atoms with Crippen LogP contribution in [0.4, 0.5) is 0 Å². The lowest BCUT2D eigenvalue weighted by atomic mass is 9.96. The van der Waals surface area contributed by atoms with Crippen LogP contribution in [0.5, 0.6) is 0 Å². The largest absolute Gasteiger partial charge is 0.480 e. The second kappa shape index (κ2) is 4.14. The molecule has 2 rings (SSSR count). The maximum Gasteiger partial charge on any atom is 0.329 e. The van der Waals surface area contributed by atoms with Crippen LogP contribution in [0, 0.1) is 12.8 Å². The van der Waals surface area contributed by atoms with Gasteiger partial charge in [0.05, 0.1) is 4.88 Å². The first kappa shape index (κ1) is 12.1. The van der Waals surface area contributed by atoms with Gasteiger partial charge < -0.3 is 10.4 Å². The zero-order chi connectivity index (χ0) is 12.6. The fraction of sp³-hybridized carbons (Fsp3) is 0.500. The molecule has 1 aliphatic rings. The van der Waals surface area contributed by atoms with Crippen molar-refractivity contribution in [2.24, 2.45) is 5.92 Å². The molecule has 0 radical (unpaired) electrons. The highest BCUT2D eigenvalue weighted by Gasteiger charge is 2.48. The zero-order valence-electron chi connectivity index (χ0n) is 9.82. The third kappa shape index (κ3) is 2.34. The second-order valence-corrected chi connectivity index (χ2v) is 5.93. The summed E-state index contributed by atoms with van der Waals surface area (Å²) in [4.78, 5) is 24.8. The van der Waals surface area contributed by atoms with E-state index in [0.29, 0.717) is 4.88 Å². The number of carboxylic acid groups (broad SMARTS) is 1. The third-order valence-electron chi connectivity index (χ3n) is 3.18. The number of carbonyl (C=O) groups is 2. The molecule has 5 heteroatoms. The predicted octanol–water partition coefficient (Wildman–Crippen LogP) is 2.04. The lowest BCUT2D eigenvalue weighted by Crippen LogP contribution is -2.53. The first-order valence-corrected chi connectivity index (χ1v) is 6.37. The number of thiophene rings is 1. The summed E-state index contributed by atoms with van der Waals surface area (Å²) >= 11 is 1.38. The number of amides is 1. The van der Waals surface area contributed by atoms with Gasteiger partial charge in [0, 0.05) is 4.88 Å². The molecule has 1 unspecified atom stereocenters. The summed E-state index contributed by atoms with van der Waals surface area (Å²) in [7, 11) is 0. The minimum Gasteiger partial charge on any atom is -0.480 e. The Morgan fingerprint density at radius 1 is 1.47 bits per heavy atom. The fourth-order valence-electron chi connectivity index (χ4n) is 1.84. The summed E-state index contributed by atoms with van der Waals surface area (Å²) in [6.07, 6.45) is 1.74. The van der Waals surface area contributed by atoms with Crippen molar-refractivity contribution in [2.75, 3.05) is 0 Å². The van der Waals surface area contributed by atoms with E-state index in [1.807, 2.05) is 13.0 Å². The van der Waals surface area contributed by atoms with Crippen molar-refractivity contribution in [2.45, 2.75) is 32.2 Å². The number of aliphatic carboxylic acids is 1. The summed E-state index contributed by atoms with van der Waals surface area (Å²) in [5, 5.41) is 11.9. The number of carbonyl (C=O) groups excluding carboxylic acids is 1. The van der Waals surface area contributed by atoms with Crippen LogP contribution < -0.4 is 5.32 Å². The molecule has 1 fully saturated rings. The molecule has 4 nitrogen and oxygen atoms in total. The van der Waals surface area contributed by atoms with Crippen molar-refractivity contribution in [1.29, 1.82) is 0 Å². The van der Waals surface area contributed by atoms with Gasteiger partial charge >= 0.3 is 5.97 Å². The van der Waals surface area contributed by atoms with Crippen molar-refractivity contribution in [1.82, 2.24) is 5.32 Å². The van der Waals surface area contributed by atoms with Gasteiger partial charge in [0.25, 0.3) is 5.91 Å². The fourth-order valence-corrected chi connectivity index (χ4v) is 2.61. The Labute approximate surface area is 104 Å². The Morgan fingerprint density at radius 2 is 2.12 bits per heavy atom. The van der Waals surface area contributed by atoms with Crippen LogP contribution in [0.25, 0.3) is 0 Å². The summed E-state index contributed by atoms with van der Waals surface area (Å²) < 4.78 is 0. The lowest BCUT2D eigenvalue weighted by molar-refractivity contribution is -0.144. The number of aryl methyl sites for hydroxylation is 1. The molecule has 1 amide bonds. The molecular weight excluding hydrogens is 238 g/mol. The van der Waals surface area contributed by atoms with E-state index in [1.165, 1.54) is 11.3 Å². The van der Waals surface area contributed by atoms with Crippen LogP contribution in [0.15, 0.2) is 12.1 Å². The highest BCUT2D eigenvalue weighted by Crippen LogP contribution is 2.40. The Bertz CT molecular complexity index is 464. The number of hydrogen-bond donors (Lipinski definition) is 2. The quantitative estimate of drug-likeness (QED) is 0.863. The average molecular weight is 253 g/mol. The molecule has 0 aliphatic heterocycles. The molecule has 1 aliphatic carbocycles. The molecule has 2 N–H and O–H groups in total. The van der Waals surface area contributed by atoms with Crippen molar-refractivity contribution in [3.8, 4) is 0 Å². The molecule has 0 bridgehead atoms. The summed E-state index contributed by atoms with van der Waals surface area (Å²) in [6.45, 7) is 3.50. The smallest absolute Gasteiger partial charge is 0.329 e. The molecule has 0 spiro atoms. The standard InChI is InChI=1S/C12H15NO3S/c1-7-3-6-9(17-7)10(14)13-12(2,11(15)16)8-4-5-8/h3,6,8H,4-5H2,1-2H3,(H,13,14)(H,15,16). The van der Waals surface area contributed by atoms with E-state index in [2.05, 4.69) is 5.32 Å². The number of rotatable bonds is 4. The molecule has 1 aromatic heterocycles. The Hall–Kier alpha value is -1.36. The molecular formula is C12H15NO3S. The van der Waals surface area contributed by atoms with Gasteiger partial charge in [-0.1, -0.05) is 0 Å². The molecule has 1 saturated carbocycles. The van der Waals surface area contributed by atoms with Crippen LogP contribution in [0.1, 0.15) is 34.3 Å². The van der Waals surface area contributed by atoms with Crippen LogP contribution in [0.2, 0.25) is 0 Å². The molecule has 92 valence electrons. The minimum atomic E-state index is -1.13. The molecule has 1 atom stereocenters. The number of carboxylic acids is 1. The summed E-state index contributed by atoms with van der Waals surface area (Å²) in [6, 6.07) is 3.58. The Balaban J connectivity index is 2.14. The summed E-state index contributed by atoms with van der Waals surface area (Å²) in [5.74, 6) is -1.19. The van der Waals surface area contributed by atoms with Crippen LogP contribution in [0.3, 0.4) is 0 Å². The van der Waals surface area contributed by atoms with Gasteiger partial charge in [-0.25, -0.2) is 4.79 Å². The molecule has 17 heavy (non-hydrogen) atoms. The Kier molecular flexibility index (Phi) is 2.95. The molecule has 1 heterocycles. The van der Waals surface area contributed by atoms with Gasteiger partial charge in [0.2, 0.25) is 0 Å². The van der Waals surface area contributed by atoms with Gasteiger partial charge in [-0.3, -0.25) is 4.79 Å². The predicted molar refractivity (Wildman–Crippen MR) is 65.3 cm³/mol. The average Bonchev–Trinajstić information content (AvgIpc) is 3.01. The maximum absolute atomic E-state index is 11.9. The van der Waals surface area contributed by atoms with E-state index in [0.717, 1.165) is 17.7 Å². The topological polar surface area (TPSA) is 66.4 Å². The first-order valence-electron chi connectivity index (χ1n) is 5.56.